The molecule has 0 heterocycles. The molecule has 2 aromatic rings. The van der Waals surface area contributed by atoms with E-state index in [9.17, 15) is 0 Å². The number of benzene rings is 2. The van der Waals surface area contributed by atoms with Crippen LogP contribution in [0.15, 0.2) is 59.7 Å². The molecule has 0 amide bonds. The van der Waals surface area contributed by atoms with E-state index < -0.39 is 0 Å². The van der Waals surface area contributed by atoms with Crippen molar-refractivity contribution in [2.45, 2.75) is 13.8 Å². The summed E-state index contributed by atoms with van der Waals surface area (Å²) in [5, 5.41) is 7.62. The van der Waals surface area contributed by atoms with E-state index in [0.29, 0.717) is 17.6 Å². The van der Waals surface area contributed by atoms with Crippen LogP contribution in [0.2, 0.25) is 0 Å². The Morgan fingerprint density at radius 1 is 1.13 bits per heavy atom. The smallest absolute Gasteiger partial charge is 0.191 e. The van der Waals surface area contributed by atoms with E-state index in [-0.39, 0.29) is 0 Å². The summed E-state index contributed by atoms with van der Waals surface area (Å²) in [7, 11) is 0. The van der Waals surface area contributed by atoms with Gasteiger partial charge in [-0.15, -0.1) is 0 Å². The number of thiocarbonyl (C=S) groups is 1. The van der Waals surface area contributed by atoms with Gasteiger partial charge in [0.25, 0.3) is 0 Å². The fourth-order valence-corrected chi connectivity index (χ4v) is 1.93. The lowest BCUT2D eigenvalue weighted by atomic mass is 10.2. The summed E-state index contributed by atoms with van der Waals surface area (Å²) in [6, 6.07) is 17.5. The highest BCUT2D eigenvalue weighted by Crippen LogP contribution is 2.12. The van der Waals surface area contributed by atoms with E-state index in [4.69, 9.17) is 17.0 Å². The molecule has 0 aromatic heterocycles. The number of rotatable bonds is 6. The predicted octanol–water partition coefficient (Wildman–Crippen LogP) is 4.04. The van der Waals surface area contributed by atoms with Gasteiger partial charge >= 0.3 is 0 Å². The first kappa shape index (κ1) is 17.0. The van der Waals surface area contributed by atoms with Crippen molar-refractivity contribution in [1.82, 2.24) is 5.43 Å². The summed E-state index contributed by atoms with van der Waals surface area (Å²) >= 11 is 5.18. The Morgan fingerprint density at radius 3 is 2.48 bits per heavy atom. The molecule has 23 heavy (non-hydrogen) atoms. The number of ether oxygens (including phenoxy) is 1. The fraction of sp³-hybridized carbons (Fsp3) is 0.222. The normalized spacial score (nSPS) is 10.7. The van der Waals surface area contributed by atoms with Crippen LogP contribution >= 0.6 is 12.2 Å². The lowest BCUT2D eigenvalue weighted by Gasteiger charge is -2.08. The van der Waals surface area contributed by atoms with Crippen LogP contribution in [0.25, 0.3) is 0 Å². The van der Waals surface area contributed by atoms with Gasteiger partial charge < -0.3 is 10.1 Å². The van der Waals surface area contributed by atoms with Crippen molar-refractivity contribution in [2.75, 3.05) is 11.9 Å². The molecule has 2 aromatic carbocycles. The minimum absolute atomic E-state index is 0.448. The molecular formula is C18H21N3OS. The van der Waals surface area contributed by atoms with Gasteiger partial charge in [0.15, 0.2) is 5.11 Å². The minimum Gasteiger partial charge on any atom is -0.493 e. The third-order valence-corrected chi connectivity index (χ3v) is 3.07. The van der Waals surface area contributed by atoms with Gasteiger partial charge in [0.2, 0.25) is 0 Å². The molecule has 120 valence electrons. The van der Waals surface area contributed by atoms with Crippen LogP contribution in [0.1, 0.15) is 19.4 Å². The van der Waals surface area contributed by atoms with Gasteiger partial charge in [-0.1, -0.05) is 32.0 Å². The van der Waals surface area contributed by atoms with Gasteiger partial charge in [-0.2, -0.15) is 5.10 Å². The molecule has 0 spiro atoms. The zero-order valence-corrected chi connectivity index (χ0v) is 14.1. The Kier molecular flexibility index (Phi) is 6.56. The number of nitrogens with zero attached hydrogens (tertiary/aromatic N) is 1. The molecule has 0 radical (unpaired) electrons. The predicted molar refractivity (Wildman–Crippen MR) is 100 cm³/mol. The van der Waals surface area contributed by atoms with Crippen molar-refractivity contribution in [3.8, 4) is 5.75 Å². The van der Waals surface area contributed by atoms with Crippen molar-refractivity contribution in [3.63, 3.8) is 0 Å². The Bertz CT molecular complexity index is 639. The zero-order valence-electron chi connectivity index (χ0n) is 13.3. The lowest BCUT2D eigenvalue weighted by Crippen LogP contribution is -2.23. The second kappa shape index (κ2) is 8.90. The van der Waals surface area contributed by atoms with Crippen molar-refractivity contribution in [1.29, 1.82) is 0 Å². The number of nitrogens with one attached hydrogen (secondary N) is 2. The molecule has 0 atom stereocenters. The molecule has 0 aliphatic heterocycles. The van der Waals surface area contributed by atoms with E-state index >= 15 is 0 Å². The molecule has 0 saturated carbocycles. The first-order valence-corrected chi connectivity index (χ1v) is 7.92. The molecule has 2 N–H and O–H groups in total. The second-order valence-electron chi connectivity index (χ2n) is 5.46. The summed E-state index contributed by atoms with van der Waals surface area (Å²) in [6.07, 6.45) is 1.71. The molecule has 0 aliphatic rings. The van der Waals surface area contributed by atoms with Gasteiger partial charge in [0.1, 0.15) is 5.75 Å². The third kappa shape index (κ3) is 6.48. The van der Waals surface area contributed by atoms with Crippen LogP contribution in [0.3, 0.4) is 0 Å². The van der Waals surface area contributed by atoms with Gasteiger partial charge in [-0.25, -0.2) is 0 Å². The molecule has 0 unspecified atom stereocenters. The van der Waals surface area contributed by atoms with Crippen LogP contribution in [-0.4, -0.2) is 17.9 Å². The SMILES string of the molecule is CC(C)COc1ccc(C=NNC(=S)Nc2ccccc2)cc1. The van der Waals surface area contributed by atoms with Gasteiger partial charge in [0, 0.05) is 5.69 Å². The Balaban J connectivity index is 1.80. The molecule has 0 bridgehead atoms. The maximum absolute atomic E-state index is 5.64. The summed E-state index contributed by atoms with van der Waals surface area (Å²) < 4.78 is 5.64. The van der Waals surface area contributed by atoms with Crippen LogP contribution in [-0.2, 0) is 0 Å². The Hall–Kier alpha value is -2.40. The highest BCUT2D eigenvalue weighted by Gasteiger charge is 1.97. The van der Waals surface area contributed by atoms with Crippen molar-refractivity contribution in [2.24, 2.45) is 11.0 Å². The molecule has 0 aliphatic carbocycles. The Labute approximate surface area is 142 Å². The lowest BCUT2D eigenvalue weighted by molar-refractivity contribution is 0.271. The largest absolute Gasteiger partial charge is 0.493 e. The minimum atomic E-state index is 0.448. The first-order valence-electron chi connectivity index (χ1n) is 7.51. The van der Waals surface area contributed by atoms with E-state index in [0.717, 1.165) is 17.0 Å². The summed E-state index contributed by atoms with van der Waals surface area (Å²) in [4.78, 5) is 0. The fourth-order valence-electron chi connectivity index (χ4n) is 1.76. The van der Waals surface area contributed by atoms with Crippen LogP contribution in [0.4, 0.5) is 5.69 Å². The van der Waals surface area contributed by atoms with Crippen molar-refractivity contribution in [3.05, 3.63) is 60.2 Å². The van der Waals surface area contributed by atoms with E-state index in [2.05, 4.69) is 29.7 Å². The quantitative estimate of drug-likeness (QED) is 0.477. The van der Waals surface area contributed by atoms with E-state index in [1.807, 2.05) is 54.6 Å². The first-order chi connectivity index (χ1) is 11.1. The van der Waals surface area contributed by atoms with Crippen LogP contribution < -0.4 is 15.5 Å². The number of para-hydroxylation sites is 1. The molecule has 0 fully saturated rings. The zero-order chi connectivity index (χ0) is 16.5. The maximum atomic E-state index is 5.64. The second-order valence-corrected chi connectivity index (χ2v) is 5.87. The average Bonchev–Trinajstić information content (AvgIpc) is 2.55. The van der Waals surface area contributed by atoms with Crippen LogP contribution in [0, 0.1) is 5.92 Å². The molecule has 5 heteroatoms. The van der Waals surface area contributed by atoms with E-state index in [1.165, 1.54) is 0 Å². The van der Waals surface area contributed by atoms with Crippen LogP contribution in [0.5, 0.6) is 5.75 Å². The van der Waals surface area contributed by atoms with Gasteiger partial charge in [-0.3, -0.25) is 5.43 Å². The Morgan fingerprint density at radius 2 is 1.83 bits per heavy atom. The standard InChI is InChI=1S/C18H21N3OS/c1-14(2)13-22-17-10-8-15(9-11-17)12-19-21-18(23)20-16-6-4-3-5-7-16/h3-12,14H,13H2,1-2H3,(H2,20,21,23). The van der Waals surface area contributed by atoms with Crippen molar-refractivity contribution >= 4 is 29.2 Å². The van der Waals surface area contributed by atoms with Gasteiger partial charge in [0.05, 0.1) is 12.8 Å². The molecular weight excluding hydrogens is 306 g/mol. The molecule has 4 nitrogen and oxygen atoms in total. The number of hydrogen-bond acceptors (Lipinski definition) is 3. The summed E-state index contributed by atoms with van der Waals surface area (Å²) in [5.74, 6) is 1.38. The molecule has 0 saturated heterocycles. The maximum Gasteiger partial charge on any atom is 0.191 e. The number of hydrogen-bond donors (Lipinski definition) is 2. The third-order valence-electron chi connectivity index (χ3n) is 2.87. The summed E-state index contributed by atoms with van der Waals surface area (Å²) in [5.41, 5.74) is 4.69. The van der Waals surface area contributed by atoms with E-state index in [1.54, 1.807) is 6.21 Å². The van der Waals surface area contributed by atoms with Crippen molar-refractivity contribution < 1.29 is 4.74 Å². The monoisotopic (exact) mass is 327 g/mol. The molecule has 2 rings (SSSR count). The summed E-state index contributed by atoms with van der Waals surface area (Å²) in [6.45, 7) is 4.96. The number of anilines is 1. The average molecular weight is 327 g/mol. The van der Waals surface area contributed by atoms with Gasteiger partial charge in [-0.05, 0) is 60.1 Å². The highest BCUT2D eigenvalue weighted by atomic mass is 32.1. The number of hydrazone groups is 1. The highest BCUT2D eigenvalue weighted by molar-refractivity contribution is 7.80. The topological polar surface area (TPSA) is 45.6 Å².